The SMILES string of the molecule is COC(=O)CNC(=O)COC(=O)c1ccc2c(c1)C(=O)N(Cc1ccccc1)C2=O. The zero-order valence-electron chi connectivity index (χ0n) is 16.0. The van der Waals surface area contributed by atoms with Gasteiger partial charge in [0.1, 0.15) is 6.54 Å². The van der Waals surface area contributed by atoms with Crippen molar-refractivity contribution >= 4 is 29.7 Å². The average Bonchev–Trinajstić information content (AvgIpc) is 3.00. The van der Waals surface area contributed by atoms with Crippen LogP contribution in [0.1, 0.15) is 36.6 Å². The van der Waals surface area contributed by atoms with Gasteiger partial charge < -0.3 is 14.8 Å². The van der Waals surface area contributed by atoms with Crippen LogP contribution in [0.4, 0.5) is 0 Å². The molecular formula is C21H18N2O7. The minimum Gasteiger partial charge on any atom is -0.468 e. The maximum atomic E-state index is 12.7. The monoisotopic (exact) mass is 410 g/mol. The van der Waals surface area contributed by atoms with Gasteiger partial charge in [0.05, 0.1) is 30.3 Å². The fourth-order valence-corrected chi connectivity index (χ4v) is 2.84. The maximum absolute atomic E-state index is 12.7. The van der Waals surface area contributed by atoms with E-state index in [2.05, 4.69) is 10.1 Å². The van der Waals surface area contributed by atoms with E-state index in [0.717, 1.165) is 10.5 Å². The molecular weight excluding hydrogens is 392 g/mol. The van der Waals surface area contributed by atoms with Crippen LogP contribution in [0.25, 0.3) is 0 Å². The number of nitrogens with one attached hydrogen (secondary N) is 1. The molecule has 0 saturated carbocycles. The van der Waals surface area contributed by atoms with Crippen LogP contribution in [-0.4, -0.2) is 54.8 Å². The first-order chi connectivity index (χ1) is 14.4. The van der Waals surface area contributed by atoms with Gasteiger partial charge in [-0.3, -0.25) is 24.1 Å². The number of rotatable bonds is 7. The highest BCUT2D eigenvalue weighted by molar-refractivity contribution is 6.21. The van der Waals surface area contributed by atoms with Crippen molar-refractivity contribution in [2.24, 2.45) is 0 Å². The normalized spacial score (nSPS) is 12.4. The van der Waals surface area contributed by atoms with Gasteiger partial charge in [-0.1, -0.05) is 30.3 Å². The zero-order chi connectivity index (χ0) is 21.7. The molecule has 0 fully saturated rings. The summed E-state index contributed by atoms with van der Waals surface area (Å²) in [4.78, 5) is 61.1. The maximum Gasteiger partial charge on any atom is 0.338 e. The number of amides is 3. The molecule has 2 aromatic carbocycles. The summed E-state index contributed by atoms with van der Waals surface area (Å²) in [5, 5.41) is 2.23. The molecule has 0 unspecified atom stereocenters. The van der Waals surface area contributed by atoms with E-state index < -0.39 is 36.3 Å². The number of hydrogen-bond donors (Lipinski definition) is 1. The Morgan fingerprint density at radius 1 is 0.967 bits per heavy atom. The third kappa shape index (κ3) is 4.52. The number of ether oxygens (including phenoxy) is 2. The molecule has 1 aliphatic rings. The van der Waals surface area contributed by atoms with Crippen molar-refractivity contribution in [3.05, 3.63) is 70.8 Å². The topological polar surface area (TPSA) is 119 Å². The van der Waals surface area contributed by atoms with Crippen LogP contribution in [-0.2, 0) is 25.6 Å². The highest BCUT2D eigenvalue weighted by Gasteiger charge is 2.36. The van der Waals surface area contributed by atoms with Crippen LogP contribution in [0, 0.1) is 0 Å². The first-order valence-electron chi connectivity index (χ1n) is 8.95. The van der Waals surface area contributed by atoms with Crippen molar-refractivity contribution in [2.45, 2.75) is 6.54 Å². The molecule has 0 atom stereocenters. The molecule has 0 spiro atoms. The minimum absolute atomic E-state index is 0.0252. The molecule has 1 aliphatic heterocycles. The Morgan fingerprint density at radius 2 is 1.67 bits per heavy atom. The minimum atomic E-state index is -0.840. The molecule has 1 heterocycles. The molecule has 9 nitrogen and oxygen atoms in total. The summed E-state index contributed by atoms with van der Waals surface area (Å²) in [6.45, 7) is -0.840. The van der Waals surface area contributed by atoms with Crippen LogP contribution in [0.15, 0.2) is 48.5 Å². The van der Waals surface area contributed by atoms with Crippen molar-refractivity contribution in [3.8, 4) is 0 Å². The Morgan fingerprint density at radius 3 is 2.37 bits per heavy atom. The lowest BCUT2D eigenvalue weighted by Crippen LogP contribution is -2.33. The Kier molecular flexibility index (Phi) is 6.21. The number of nitrogens with zero attached hydrogens (tertiary/aromatic N) is 1. The highest BCUT2D eigenvalue weighted by Crippen LogP contribution is 2.26. The molecule has 0 bridgehead atoms. The smallest absolute Gasteiger partial charge is 0.338 e. The number of esters is 2. The quantitative estimate of drug-likeness (QED) is 0.533. The second-order valence-electron chi connectivity index (χ2n) is 6.37. The molecule has 0 aromatic heterocycles. The van der Waals surface area contributed by atoms with E-state index >= 15 is 0 Å². The number of carbonyl (C=O) groups is 5. The Balaban J connectivity index is 1.65. The second-order valence-corrected chi connectivity index (χ2v) is 6.37. The number of hydrogen-bond acceptors (Lipinski definition) is 7. The largest absolute Gasteiger partial charge is 0.468 e. The third-order valence-electron chi connectivity index (χ3n) is 4.38. The van der Waals surface area contributed by atoms with E-state index in [1.165, 1.54) is 25.3 Å². The molecule has 154 valence electrons. The molecule has 9 heteroatoms. The Bertz CT molecular complexity index is 1020. The lowest BCUT2D eigenvalue weighted by atomic mass is 10.1. The van der Waals surface area contributed by atoms with Crippen LogP contribution in [0.5, 0.6) is 0 Å². The summed E-state index contributed by atoms with van der Waals surface area (Å²) in [5.74, 6) is -3.12. The first kappa shape index (κ1) is 20.7. The van der Waals surface area contributed by atoms with Crippen LogP contribution in [0.2, 0.25) is 0 Å². The molecule has 0 saturated heterocycles. The molecule has 30 heavy (non-hydrogen) atoms. The first-order valence-corrected chi connectivity index (χ1v) is 8.95. The van der Waals surface area contributed by atoms with E-state index in [1.54, 1.807) is 12.1 Å². The summed E-state index contributed by atoms with van der Waals surface area (Å²) in [6.07, 6.45) is 0. The van der Waals surface area contributed by atoms with Crippen molar-refractivity contribution in [3.63, 3.8) is 0 Å². The van der Waals surface area contributed by atoms with Crippen molar-refractivity contribution in [2.75, 3.05) is 20.3 Å². The third-order valence-corrected chi connectivity index (χ3v) is 4.38. The van der Waals surface area contributed by atoms with Gasteiger partial charge in [0, 0.05) is 0 Å². The number of benzene rings is 2. The molecule has 0 radical (unpaired) electrons. The number of imide groups is 1. The summed E-state index contributed by atoms with van der Waals surface area (Å²) in [6, 6.07) is 13.1. The van der Waals surface area contributed by atoms with Gasteiger partial charge in [-0.05, 0) is 23.8 Å². The summed E-state index contributed by atoms with van der Waals surface area (Å²) in [5.41, 5.74) is 1.12. The Hall–Kier alpha value is -4.01. The lowest BCUT2D eigenvalue weighted by molar-refractivity contribution is -0.141. The molecule has 3 rings (SSSR count). The van der Waals surface area contributed by atoms with Crippen molar-refractivity contribution in [1.29, 1.82) is 0 Å². The average molecular weight is 410 g/mol. The standard InChI is InChI=1S/C21H18N2O7/c1-29-18(25)10-22-17(24)12-30-21(28)14-7-8-15-16(9-14)20(27)23(19(15)26)11-13-5-3-2-4-6-13/h2-9H,10-12H2,1H3,(H,22,24). The fourth-order valence-electron chi connectivity index (χ4n) is 2.84. The molecule has 3 amide bonds. The van der Waals surface area contributed by atoms with E-state index in [9.17, 15) is 24.0 Å². The number of carbonyl (C=O) groups excluding carboxylic acids is 5. The van der Waals surface area contributed by atoms with Crippen molar-refractivity contribution < 1.29 is 33.4 Å². The van der Waals surface area contributed by atoms with Crippen molar-refractivity contribution in [1.82, 2.24) is 10.2 Å². The van der Waals surface area contributed by atoms with E-state index in [1.807, 2.05) is 18.2 Å². The highest BCUT2D eigenvalue weighted by atomic mass is 16.5. The number of fused-ring (bicyclic) bond motifs is 1. The van der Waals surface area contributed by atoms with Crippen LogP contribution in [0.3, 0.4) is 0 Å². The summed E-state index contributed by atoms with van der Waals surface area (Å²) in [7, 11) is 1.18. The molecule has 1 N–H and O–H groups in total. The summed E-state index contributed by atoms with van der Waals surface area (Å²) >= 11 is 0. The van der Waals surface area contributed by atoms with Gasteiger partial charge in [-0.15, -0.1) is 0 Å². The van der Waals surface area contributed by atoms with Gasteiger partial charge in [0.25, 0.3) is 17.7 Å². The van der Waals surface area contributed by atoms with E-state index in [0.29, 0.717) is 0 Å². The fraction of sp³-hybridized carbons (Fsp3) is 0.190. The lowest BCUT2D eigenvalue weighted by Gasteiger charge is -2.13. The van der Waals surface area contributed by atoms with Crippen LogP contribution < -0.4 is 5.32 Å². The van der Waals surface area contributed by atoms with Gasteiger partial charge in [-0.25, -0.2) is 4.79 Å². The van der Waals surface area contributed by atoms with E-state index in [-0.39, 0.29) is 29.8 Å². The van der Waals surface area contributed by atoms with Gasteiger partial charge in [0.2, 0.25) is 0 Å². The van der Waals surface area contributed by atoms with Crippen LogP contribution >= 0.6 is 0 Å². The molecule has 0 aliphatic carbocycles. The van der Waals surface area contributed by atoms with Gasteiger partial charge >= 0.3 is 11.9 Å². The number of methoxy groups -OCH3 is 1. The van der Waals surface area contributed by atoms with Gasteiger partial charge in [0.15, 0.2) is 6.61 Å². The summed E-state index contributed by atoms with van der Waals surface area (Å²) < 4.78 is 9.27. The predicted molar refractivity (Wildman–Crippen MR) is 102 cm³/mol. The molecule has 2 aromatic rings. The predicted octanol–water partition coefficient (Wildman–Crippen LogP) is 0.929. The Labute approximate surface area is 171 Å². The van der Waals surface area contributed by atoms with Gasteiger partial charge in [-0.2, -0.15) is 0 Å². The van der Waals surface area contributed by atoms with E-state index in [4.69, 9.17) is 4.74 Å². The zero-order valence-corrected chi connectivity index (χ0v) is 16.0. The second kappa shape index (κ2) is 8.99.